The fourth-order valence-corrected chi connectivity index (χ4v) is 1.22. The van der Waals surface area contributed by atoms with Crippen LogP contribution < -0.4 is 16.4 Å². The van der Waals surface area contributed by atoms with E-state index in [2.05, 4.69) is 10.6 Å². The minimum atomic E-state index is -0.367. The summed E-state index contributed by atoms with van der Waals surface area (Å²) in [4.78, 5) is 12.6. The number of nitrogens with zero attached hydrogens (tertiary/aromatic N) is 1. The van der Waals surface area contributed by atoms with Crippen molar-refractivity contribution in [1.82, 2.24) is 10.2 Å². The molecule has 4 N–H and O–H groups in total. The zero-order chi connectivity index (χ0) is 12.8. The van der Waals surface area contributed by atoms with E-state index < -0.39 is 0 Å². The molecule has 0 radical (unpaired) electrons. The summed E-state index contributed by atoms with van der Waals surface area (Å²) in [7, 11) is 3.33. The number of amides is 2. The molecule has 2 amide bonds. The highest BCUT2D eigenvalue weighted by molar-refractivity contribution is 5.73. The van der Waals surface area contributed by atoms with Gasteiger partial charge in [-0.3, -0.25) is 0 Å². The molecule has 1 aromatic carbocycles. The van der Waals surface area contributed by atoms with Gasteiger partial charge in [0.25, 0.3) is 0 Å². The van der Waals surface area contributed by atoms with E-state index in [1.54, 1.807) is 20.2 Å². The van der Waals surface area contributed by atoms with Crippen LogP contribution in [-0.2, 0) is 0 Å². The van der Waals surface area contributed by atoms with Gasteiger partial charge in [0.15, 0.2) is 0 Å². The number of nitrogens with two attached hydrogens (primary N) is 1. The number of halogens is 1. The van der Waals surface area contributed by atoms with E-state index in [9.17, 15) is 9.18 Å². The van der Waals surface area contributed by atoms with Gasteiger partial charge in [-0.2, -0.15) is 0 Å². The lowest BCUT2D eigenvalue weighted by Crippen LogP contribution is -2.37. The second-order valence-electron chi connectivity index (χ2n) is 3.78. The molecule has 0 aliphatic heterocycles. The highest BCUT2D eigenvalue weighted by atomic mass is 19.1. The van der Waals surface area contributed by atoms with Gasteiger partial charge >= 0.3 is 6.03 Å². The van der Waals surface area contributed by atoms with Crippen LogP contribution in [0.2, 0.25) is 0 Å². The number of rotatable bonds is 4. The van der Waals surface area contributed by atoms with Crippen LogP contribution >= 0.6 is 0 Å². The monoisotopic (exact) mass is 240 g/mol. The van der Waals surface area contributed by atoms with Crippen molar-refractivity contribution in [3.8, 4) is 0 Å². The lowest BCUT2D eigenvalue weighted by molar-refractivity contribution is 0.218. The van der Waals surface area contributed by atoms with Gasteiger partial charge in [-0.05, 0) is 18.2 Å². The van der Waals surface area contributed by atoms with Crippen LogP contribution in [0.4, 0.5) is 20.6 Å². The second-order valence-corrected chi connectivity index (χ2v) is 3.78. The number of carbonyl (C=O) groups is 1. The molecule has 0 spiro atoms. The van der Waals surface area contributed by atoms with Crippen molar-refractivity contribution in [2.24, 2.45) is 0 Å². The van der Waals surface area contributed by atoms with E-state index in [0.717, 1.165) is 0 Å². The summed E-state index contributed by atoms with van der Waals surface area (Å²) in [6, 6.07) is 4.00. The largest absolute Gasteiger partial charge is 0.397 e. The number of benzene rings is 1. The summed E-state index contributed by atoms with van der Waals surface area (Å²) in [5.74, 6) is -0.367. The number of carbonyl (C=O) groups excluding carboxylic acids is 1. The zero-order valence-corrected chi connectivity index (χ0v) is 9.96. The van der Waals surface area contributed by atoms with Crippen LogP contribution in [0, 0.1) is 5.82 Å². The molecule has 0 saturated heterocycles. The molecule has 1 rings (SSSR count). The summed E-state index contributed by atoms with van der Waals surface area (Å²) in [6.45, 7) is 0.989. The molecule has 1 aromatic rings. The van der Waals surface area contributed by atoms with E-state index in [-0.39, 0.29) is 11.8 Å². The quantitative estimate of drug-likeness (QED) is 0.545. The Hall–Kier alpha value is -1.98. The molecule has 0 unspecified atom stereocenters. The molecule has 0 aliphatic rings. The lowest BCUT2D eigenvalue weighted by atomic mass is 10.2. The van der Waals surface area contributed by atoms with Gasteiger partial charge in [-0.1, -0.05) is 0 Å². The summed E-state index contributed by atoms with van der Waals surface area (Å²) < 4.78 is 12.8. The predicted octanol–water partition coefficient (Wildman–Crippen LogP) is 1.09. The van der Waals surface area contributed by atoms with Gasteiger partial charge in [0.05, 0.1) is 11.4 Å². The van der Waals surface area contributed by atoms with E-state index >= 15 is 0 Å². The highest BCUT2D eigenvalue weighted by Gasteiger charge is 2.02. The van der Waals surface area contributed by atoms with Crippen LogP contribution in [0.3, 0.4) is 0 Å². The maximum absolute atomic E-state index is 12.8. The topological polar surface area (TPSA) is 70.4 Å². The van der Waals surface area contributed by atoms with Crippen LogP contribution in [-0.4, -0.2) is 38.1 Å². The van der Waals surface area contributed by atoms with E-state index in [4.69, 9.17) is 5.73 Å². The highest BCUT2D eigenvalue weighted by Crippen LogP contribution is 2.18. The Labute approximate surface area is 99.8 Å². The van der Waals surface area contributed by atoms with Crippen molar-refractivity contribution in [2.75, 3.05) is 38.2 Å². The maximum atomic E-state index is 12.8. The number of nitrogens with one attached hydrogen (secondary N) is 2. The molecule has 0 atom stereocenters. The zero-order valence-electron chi connectivity index (χ0n) is 9.96. The number of anilines is 2. The molecule has 0 aromatic heterocycles. The SMILES string of the molecule is CN(C)C(=O)NCCNc1ccc(F)cc1N. The number of nitrogen functional groups attached to an aromatic ring is 1. The van der Waals surface area contributed by atoms with Crippen LogP contribution in [0.1, 0.15) is 0 Å². The number of hydrogen-bond donors (Lipinski definition) is 3. The molecular formula is C11H17FN4O. The van der Waals surface area contributed by atoms with E-state index in [1.165, 1.54) is 17.0 Å². The molecule has 0 heterocycles. The van der Waals surface area contributed by atoms with Gasteiger partial charge in [0.2, 0.25) is 0 Å². The van der Waals surface area contributed by atoms with E-state index in [1.807, 2.05) is 0 Å². The van der Waals surface area contributed by atoms with Gasteiger partial charge < -0.3 is 21.3 Å². The molecule has 17 heavy (non-hydrogen) atoms. The van der Waals surface area contributed by atoms with Crippen LogP contribution in [0.15, 0.2) is 18.2 Å². The third kappa shape index (κ3) is 4.18. The summed E-state index contributed by atoms with van der Waals surface area (Å²) in [5.41, 5.74) is 6.62. The summed E-state index contributed by atoms with van der Waals surface area (Å²) in [5, 5.41) is 5.70. The van der Waals surface area contributed by atoms with E-state index in [0.29, 0.717) is 24.5 Å². The molecule has 6 heteroatoms. The Balaban J connectivity index is 2.34. The van der Waals surface area contributed by atoms with Crippen LogP contribution in [0.5, 0.6) is 0 Å². The first-order valence-corrected chi connectivity index (χ1v) is 5.24. The fourth-order valence-electron chi connectivity index (χ4n) is 1.22. The van der Waals surface area contributed by atoms with Crippen molar-refractivity contribution < 1.29 is 9.18 Å². The molecule has 94 valence electrons. The standard InChI is InChI=1S/C11H17FN4O/c1-16(2)11(17)15-6-5-14-10-4-3-8(12)7-9(10)13/h3-4,7,14H,5-6,13H2,1-2H3,(H,15,17). The lowest BCUT2D eigenvalue weighted by Gasteiger charge is -2.13. The van der Waals surface area contributed by atoms with Gasteiger partial charge in [-0.15, -0.1) is 0 Å². The Kier molecular flexibility index (Phi) is 4.56. The molecule has 0 bridgehead atoms. The minimum Gasteiger partial charge on any atom is -0.397 e. The van der Waals surface area contributed by atoms with Crippen molar-refractivity contribution in [1.29, 1.82) is 0 Å². The average molecular weight is 240 g/mol. The molecule has 0 aliphatic carbocycles. The van der Waals surface area contributed by atoms with Crippen molar-refractivity contribution in [3.05, 3.63) is 24.0 Å². The fraction of sp³-hybridized carbons (Fsp3) is 0.364. The molecule has 0 fully saturated rings. The minimum absolute atomic E-state index is 0.154. The summed E-state index contributed by atoms with van der Waals surface area (Å²) in [6.07, 6.45) is 0. The van der Waals surface area contributed by atoms with Gasteiger partial charge in [-0.25, -0.2) is 9.18 Å². The first kappa shape index (κ1) is 13.1. The molecule has 0 saturated carbocycles. The third-order valence-corrected chi connectivity index (χ3v) is 2.14. The number of urea groups is 1. The Morgan fingerprint density at radius 2 is 2.12 bits per heavy atom. The smallest absolute Gasteiger partial charge is 0.316 e. The van der Waals surface area contributed by atoms with Crippen molar-refractivity contribution in [3.63, 3.8) is 0 Å². The Morgan fingerprint density at radius 1 is 1.41 bits per heavy atom. The Morgan fingerprint density at radius 3 is 2.71 bits per heavy atom. The Bertz CT molecular complexity index is 395. The number of hydrogen-bond acceptors (Lipinski definition) is 3. The maximum Gasteiger partial charge on any atom is 0.316 e. The first-order chi connectivity index (χ1) is 8.00. The van der Waals surface area contributed by atoms with Crippen molar-refractivity contribution in [2.45, 2.75) is 0 Å². The molecule has 5 nitrogen and oxygen atoms in total. The first-order valence-electron chi connectivity index (χ1n) is 5.24. The molecular weight excluding hydrogens is 223 g/mol. The van der Waals surface area contributed by atoms with Gasteiger partial charge in [0.1, 0.15) is 5.82 Å². The van der Waals surface area contributed by atoms with Crippen molar-refractivity contribution >= 4 is 17.4 Å². The normalized spacial score (nSPS) is 9.82. The predicted molar refractivity (Wildman–Crippen MR) is 66.4 cm³/mol. The van der Waals surface area contributed by atoms with Gasteiger partial charge in [0, 0.05) is 27.2 Å². The summed E-state index contributed by atoms with van der Waals surface area (Å²) >= 11 is 0. The average Bonchev–Trinajstić information content (AvgIpc) is 2.26. The second kappa shape index (κ2) is 5.93. The van der Waals surface area contributed by atoms with Crippen LogP contribution in [0.25, 0.3) is 0 Å². The third-order valence-electron chi connectivity index (χ3n) is 2.14.